The highest BCUT2D eigenvalue weighted by atomic mass is 16.5. The lowest BCUT2D eigenvalue weighted by Crippen LogP contribution is -2.35. The molecular weight excluding hydrogens is 556 g/mol. The number of nitrogens with one attached hydrogen (secondary N) is 1. The standard InChI is InChI=1S/C36H36N2O6/c1-43-26-16-18-33(44-2)25(23-26)19-21-38(22-20-34(39)40)36(42)31-14-8-6-12-29(31)28-11-5-7-13-30(28)35(41)37-32-17-15-24-9-3-4-10-27(24)32/h3-14,16,18,23,32H,15,17,19-22H2,1-2H3,(H,37,41)(H,39,40). The number of aryl methyl sites for hydroxylation is 1. The average molecular weight is 593 g/mol. The van der Waals surface area contributed by atoms with Gasteiger partial charge in [-0.25, -0.2) is 0 Å². The second-order valence-corrected chi connectivity index (χ2v) is 10.7. The molecule has 1 aliphatic carbocycles. The first-order valence-electron chi connectivity index (χ1n) is 14.7. The summed E-state index contributed by atoms with van der Waals surface area (Å²) in [4.78, 5) is 40.9. The number of carboxylic acids is 1. The van der Waals surface area contributed by atoms with Crippen LogP contribution in [-0.4, -0.2) is 55.1 Å². The Labute approximate surface area is 257 Å². The third-order valence-corrected chi connectivity index (χ3v) is 8.08. The van der Waals surface area contributed by atoms with Crippen molar-refractivity contribution < 1.29 is 29.0 Å². The molecule has 0 aromatic heterocycles. The summed E-state index contributed by atoms with van der Waals surface area (Å²) in [5, 5.41) is 12.6. The molecule has 8 heteroatoms. The van der Waals surface area contributed by atoms with Gasteiger partial charge in [0.15, 0.2) is 0 Å². The summed E-state index contributed by atoms with van der Waals surface area (Å²) in [6, 6.07) is 27.9. The van der Waals surface area contributed by atoms with Gasteiger partial charge < -0.3 is 24.8 Å². The number of nitrogens with zero attached hydrogens (tertiary/aromatic N) is 1. The van der Waals surface area contributed by atoms with Crippen LogP contribution in [0.5, 0.6) is 11.5 Å². The number of carbonyl (C=O) groups is 3. The maximum atomic E-state index is 14.1. The molecule has 0 bridgehead atoms. The van der Waals surface area contributed by atoms with E-state index >= 15 is 0 Å². The predicted octanol–water partition coefficient (Wildman–Crippen LogP) is 5.95. The number of amides is 2. The number of aliphatic carboxylic acids is 1. The van der Waals surface area contributed by atoms with Crippen molar-refractivity contribution >= 4 is 17.8 Å². The van der Waals surface area contributed by atoms with Crippen LogP contribution in [-0.2, 0) is 17.6 Å². The minimum atomic E-state index is -0.995. The molecule has 8 nitrogen and oxygen atoms in total. The van der Waals surface area contributed by atoms with E-state index in [1.807, 2.05) is 48.5 Å². The van der Waals surface area contributed by atoms with Gasteiger partial charge in [-0.2, -0.15) is 0 Å². The minimum Gasteiger partial charge on any atom is -0.497 e. The summed E-state index contributed by atoms with van der Waals surface area (Å²) in [6.45, 7) is 0.283. The molecule has 2 N–H and O–H groups in total. The molecule has 1 unspecified atom stereocenters. The van der Waals surface area contributed by atoms with Crippen molar-refractivity contribution in [2.24, 2.45) is 0 Å². The molecule has 0 heterocycles. The average Bonchev–Trinajstić information content (AvgIpc) is 3.46. The van der Waals surface area contributed by atoms with Crippen LogP contribution in [0.15, 0.2) is 91.0 Å². The van der Waals surface area contributed by atoms with Gasteiger partial charge in [0.05, 0.1) is 26.7 Å². The Kier molecular flexibility index (Phi) is 9.59. The summed E-state index contributed by atoms with van der Waals surface area (Å²) in [5.41, 5.74) is 5.31. The summed E-state index contributed by atoms with van der Waals surface area (Å²) >= 11 is 0. The number of hydrogen-bond donors (Lipinski definition) is 2. The first-order valence-corrected chi connectivity index (χ1v) is 14.7. The Morgan fingerprint density at radius 2 is 1.52 bits per heavy atom. The second kappa shape index (κ2) is 13.9. The highest BCUT2D eigenvalue weighted by Gasteiger charge is 2.26. The second-order valence-electron chi connectivity index (χ2n) is 10.7. The van der Waals surface area contributed by atoms with Crippen molar-refractivity contribution in [1.29, 1.82) is 0 Å². The van der Waals surface area contributed by atoms with Crippen LogP contribution < -0.4 is 14.8 Å². The molecule has 5 rings (SSSR count). The third-order valence-electron chi connectivity index (χ3n) is 8.08. The zero-order valence-electron chi connectivity index (χ0n) is 24.9. The number of rotatable bonds is 12. The van der Waals surface area contributed by atoms with Crippen molar-refractivity contribution in [3.05, 3.63) is 119 Å². The number of carboxylic acid groups (broad SMARTS) is 1. The van der Waals surface area contributed by atoms with Gasteiger partial charge in [0.25, 0.3) is 11.8 Å². The molecule has 1 atom stereocenters. The smallest absolute Gasteiger partial charge is 0.305 e. The molecule has 0 fully saturated rings. The molecule has 4 aromatic rings. The molecule has 2 amide bonds. The molecular formula is C36H36N2O6. The van der Waals surface area contributed by atoms with E-state index in [0.29, 0.717) is 40.2 Å². The van der Waals surface area contributed by atoms with Gasteiger partial charge in [0.1, 0.15) is 11.5 Å². The molecule has 0 aliphatic heterocycles. The summed E-state index contributed by atoms with van der Waals surface area (Å²) in [6.07, 6.45) is 1.97. The number of methoxy groups -OCH3 is 2. The Hall–Kier alpha value is -5.11. The van der Waals surface area contributed by atoms with E-state index in [0.717, 1.165) is 24.0 Å². The molecule has 0 saturated carbocycles. The van der Waals surface area contributed by atoms with E-state index in [1.54, 1.807) is 49.5 Å². The largest absolute Gasteiger partial charge is 0.497 e. The fourth-order valence-corrected chi connectivity index (χ4v) is 5.81. The molecule has 0 radical (unpaired) electrons. The number of ether oxygens (including phenoxy) is 2. The first kappa shape index (κ1) is 30.4. The Bertz CT molecular complexity index is 1670. The highest BCUT2D eigenvalue weighted by molar-refractivity contribution is 6.06. The van der Waals surface area contributed by atoms with Crippen LogP contribution in [0.25, 0.3) is 11.1 Å². The fourth-order valence-electron chi connectivity index (χ4n) is 5.81. The number of hydrogen-bond acceptors (Lipinski definition) is 5. The van der Waals surface area contributed by atoms with Gasteiger partial charge in [-0.05, 0) is 77.4 Å². The fraction of sp³-hybridized carbons (Fsp3) is 0.250. The van der Waals surface area contributed by atoms with Crippen molar-refractivity contribution in [2.75, 3.05) is 27.3 Å². The Morgan fingerprint density at radius 3 is 2.25 bits per heavy atom. The van der Waals surface area contributed by atoms with Crippen LogP contribution in [0.1, 0.15) is 56.3 Å². The lowest BCUT2D eigenvalue weighted by Gasteiger charge is -2.24. The van der Waals surface area contributed by atoms with Gasteiger partial charge in [0.2, 0.25) is 0 Å². The Balaban J connectivity index is 1.43. The Morgan fingerprint density at radius 1 is 0.841 bits per heavy atom. The normalized spacial score (nSPS) is 13.5. The molecule has 4 aromatic carbocycles. The van der Waals surface area contributed by atoms with Crippen LogP contribution in [0.3, 0.4) is 0 Å². The topological polar surface area (TPSA) is 105 Å². The van der Waals surface area contributed by atoms with E-state index in [2.05, 4.69) is 17.4 Å². The lowest BCUT2D eigenvalue weighted by molar-refractivity contribution is -0.137. The zero-order valence-corrected chi connectivity index (χ0v) is 24.9. The lowest BCUT2D eigenvalue weighted by atomic mass is 9.94. The van der Waals surface area contributed by atoms with Crippen LogP contribution in [0.2, 0.25) is 0 Å². The molecule has 226 valence electrons. The highest BCUT2D eigenvalue weighted by Crippen LogP contribution is 2.33. The molecule has 44 heavy (non-hydrogen) atoms. The monoisotopic (exact) mass is 592 g/mol. The third kappa shape index (κ3) is 6.75. The summed E-state index contributed by atoms with van der Waals surface area (Å²) in [5.74, 6) is -0.209. The van der Waals surface area contributed by atoms with Crippen molar-refractivity contribution in [3.8, 4) is 22.6 Å². The quantitative estimate of drug-likeness (QED) is 0.211. The number of carbonyl (C=O) groups excluding carboxylic acids is 2. The SMILES string of the molecule is COc1ccc(OC)c(CCN(CCC(=O)O)C(=O)c2ccccc2-c2ccccc2C(=O)NC2CCc3ccccc32)c1. The molecule has 0 spiro atoms. The van der Waals surface area contributed by atoms with Crippen molar-refractivity contribution in [2.45, 2.75) is 31.7 Å². The van der Waals surface area contributed by atoms with Gasteiger partial charge in [-0.15, -0.1) is 0 Å². The van der Waals surface area contributed by atoms with Crippen molar-refractivity contribution in [1.82, 2.24) is 10.2 Å². The summed E-state index contributed by atoms with van der Waals surface area (Å²) < 4.78 is 10.9. The van der Waals surface area contributed by atoms with E-state index in [9.17, 15) is 19.5 Å². The van der Waals surface area contributed by atoms with E-state index in [-0.39, 0.29) is 37.4 Å². The predicted molar refractivity (Wildman–Crippen MR) is 168 cm³/mol. The molecule has 0 saturated heterocycles. The van der Waals surface area contributed by atoms with Gasteiger partial charge >= 0.3 is 5.97 Å². The summed E-state index contributed by atoms with van der Waals surface area (Å²) in [7, 11) is 3.16. The minimum absolute atomic E-state index is 0.0258. The van der Waals surface area contributed by atoms with E-state index < -0.39 is 5.97 Å². The van der Waals surface area contributed by atoms with E-state index in [1.165, 1.54) is 5.56 Å². The molecule has 1 aliphatic rings. The van der Waals surface area contributed by atoms with Crippen molar-refractivity contribution in [3.63, 3.8) is 0 Å². The zero-order chi connectivity index (χ0) is 31.1. The number of fused-ring (bicyclic) bond motifs is 1. The van der Waals surface area contributed by atoms with Gasteiger partial charge in [-0.1, -0.05) is 60.7 Å². The number of benzene rings is 4. The van der Waals surface area contributed by atoms with Crippen LogP contribution in [0, 0.1) is 0 Å². The maximum Gasteiger partial charge on any atom is 0.305 e. The van der Waals surface area contributed by atoms with Crippen LogP contribution in [0.4, 0.5) is 0 Å². The maximum absolute atomic E-state index is 14.1. The van der Waals surface area contributed by atoms with E-state index in [4.69, 9.17) is 9.47 Å². The van der Waals surface area contributed by atoms with Gasteiger partial charge in [0, 0.05) is 24.2 Å². The van der Waals surface area contributed by atoms with Crippen LogP contribution >= 0.6 is 0 Å². The first-order chi connectivity index (χ1) is 21.4. The van der Waals surface area contributed by atoms with Gasteiger partial charge in [-0.3, -0.25) is 14.4 Å².